The Kier molecular flexibility index (Phi) is 3.78. The van der Waals surface area contributed by atoms with Gasteiger partial charge in [-0.05, 0) is 18.6 Å². The first-order valence-electron chi connectivity index (χ1n) is 5.13. The fraction of sp³-hybridized carbons (Fsp3) is 0.385. The molecular weight excluding hydrogens is 184 g/mol. The van der Waals surface area contributed by atoms with Crippen LogP contribution in [0.25, 0.3) is 6.08 Å². The van der Waals surface area contributed by atoms with E-state index in [1.54, 1.807) is 0 Å². The minimum Gasteiger partial charge on any atom is -0.364 e. The number of nitrogens with zero attached hydrogens (tertiary/aromatic N) is 2. The average Bonchev–Trinajstić information content (AvgIpc) is 2.15. The molecule has 0 saturated carbocycles. The maximum absolute atomic E-state index is 2.18. The van der Waals surface area contributed by atoms with Crippen LogP contribution in [-0.2, 0) is 0 Å². The molecule has 1 aromatic rings. The van der Waals surface area contributed by atoms with Crippen molar-refractivity contribution in [3.63, 3.8) is 0 Å². The van der Waals surface area contributed by atoms with Crippen molar-refractivity contribution in [2.45, 2.75) is 6.92 Å². The lowest BCUT2D eigenvalue weighted by atomic mass is 10.1. The van der Waals surface area contributed by atoms with Gasteiger partial charge >= 0.3 is 0 Å². The van der Waals surface area contributed by atoms with Crippen molar-refractivity contribution in [2.75, 3.05) is 28.2 Å². The molecule has 0 amide bonds. The minimum atomic E-state index is 1.19. The summed E-state index contributed by atoms with van der Waals surface area (Å²) >= 11 is 0. The SMILES string of the molecule is Cc1ccc(C=C(N(C)C)N(C)C)cc1. The molecule has 0 saturated heterocycles. The molecule has 0 spiro atoms. The van der Waals surface area contributed by atoms with Gasteiger partial charge in [-0.1, -0.05) is 29.8 Å². The molecule has 1 aromatic carbocycles. The molecule has 1 rings (SSSR count). The summed E-state index contributed by atoms with van der Waals surface area (Å²) in [5, 5.41) is 0. The molecule has 0 N–H and O–H groups in total. The van der Waals surface area contributed by atoms with E-state index < -0.39 is 0 Å². The van der Waals surface area contributed by atoms with E-state index >= 15 is 0 Å². The van der Waals surface area contributed by atoms with Crippen molar-refractivity contribution in [3.8, 4) is 0 Å². The Morgan fingerprint density at radius 3 is 1.80 bits per heavy atom. The highest BCUT2D eigenvalue weighted by molar-refractivity contribution is 5.52. The predicted octanol–water partition coefficient (Wildman–Crippen LogP) is 2.42. The van der Waals surface area contributed by atoms with Gasteiger partial charge in [0.15, 0.2) is 0 Å². The Bertz CT molecular complexity index is 324. The van der Waals surface area contributed by atoms with E-state index in [4.69, 9.17) is 0 Å². The lowest BCUT2D eigenvalue weighted by molar-refractivity contribution is 0.348. The molecule has 0 fully saturated rings. The van der Waals surface area contributed by atoms with Crippen molar-refractivity contribution < 1.29 is 0 Å². The van der Waals surface area contributed by atoms with E-state index in [0.717, 1.165) is 0 Å². The van der Waals surface area contributed by atoms with Gasteiger partial charge in [0.2, 0.25) is 0 Å². The number of benzene rings is 1. The van der Waals surface area contributed by atoms with E-state index in [9.17, 15) is 0 Å². The van der Waals surface area contributed by atoms with Crippen LogP contribution in [0.2, 0.25) is 0 Å². The van der Waals surface area contributed by atoms with E-state index in [0.29, 0.717) is 0 Å². The molecule has 0 aliphatic rings. The van der Waals surface area contributed by atoms with Crippen molar-refractivity contribution in [2.24, 2.45) is 0 Å². The van der Waals surface area contributed by atoms with Gasteiger partial charge in [-0.3, -0.25) is 0 Å². The highest BCUT2D eigenvalue weighted by atomic mass is 15.3. The third kappa shape index (κ3) is 3.31. The Hall–Kier alpha value is -1.44. The van der Waals surface area contributed by atoms with Crippen LogP contribution in [0.15, 0.2) is 30.1 Å². The van der Waals surface area contributed by atoms with Crippen LogP contribution in [0.1, 0.15) is 11.1 Å². The molecule has 0 atom stereocenters. The molecule has 0 aliphatic heterocycles. The molecule has 0 unspecified atom stereocenters. The summed E-state index contributed by atoms with van der Waals surface area (Å²) in [5.41, 5.74) is 2.53. The van der Waals surface area contributed by atoms with Gasteiger partial charge in [-0.15, -0.1) is 0 Å². The lowest BCUT2D eigenvalue weighted by Crippen LogP contribution is -2.24. The Labute approximate surface area is 92.8 Å². The molecule has 0 radical (unpaired) electrons. The zero-order chi connectivity index (χ0) is 11.4. The summed E-state index contributed by atoms with van der Waals surface area (Å²) in [6.45, 7) is 2.10. The molecular formula is C13H20N2. The van der Waals surface area contributed by atoms with Crippen LogP contribution in [-0.4, -0.2) is 38.0 Å². The second kappa shape index (κ2) is 4.87. The normalized spacial score (nSPS) is 9.67. The fourth-order valence-electron chi connectivity index (χ4n) is 1.47. The van der Waals surface area contributed by atoms with Crippen molar-refractivity contribution in [3.05, 3.63) is 41.2 Å². The third-order valence-electron chi connectivity index (χ3n) is 2.29. The van der Waals surface area contributed by atoms with Gasteiger partial charge in [0.1, 0.15) is 5.82 Å². The smallest absolute Gasteiger partial charge is 0.103 e. The largest absolute Gasteiger partial charge is 0.364 e. The monoisotopic (exact) mass is 204 g/mol. The first kappa shape index (κ1) is 11.6. The predicted molar refractivity (Wildman–Crippen MR) is 66.5 cm³/mol. The van der Waals surface area contributed by atoms with E-state index in [-0.39, 0.29) is 0 Å². The summed E-state index contributed by atoms with van der Waals surface area (Å²) < 4.78 is 0. The van der Waals surface area contributed by atoms with Crippen LogP contribution in [0.4, 0.5) is 0 Å². The number of rotatable bonds is 3. The van der Waals surface area contributed by atoms with Crippen LogP contribution < -0.4 is 0 Å². The molecule has 0 bridgehead atoms. The van der Waals surface area contributed by atoms with E-state index in [1.165, 1.54) is 16.9 Å². The van der Waals surface area contributed by atoms with Crippen LogP contribution in [0.3, 0.4) is 0 Å². The molecule has 15 heavy (non-hydrogen) atoms. The van der Waals surface area contributed by atoms with Crippen LogP contribution >= 0.6 is 0 Å². The zero-order valence-corrected chi connectivity index (χ0v) is 10.3. The molecule has 0 aromatic heterocycles. The van der Waals surface area contributed by atoms with Gasteiger partial charge in [-0.25, -0.2) is 0 Å². The molecule has 0 aliphatic carbocycles. The third-order valence-corrected chi connectivity index (χ3v) is 2.29. The van der Waals surface area contributed by atoms with Crippen molar-refractivity contribution in [1.82, 2.24) is 9.80 Å². The zero-order valence-electron chi connectivity index (χ0n) is 10.3. The summed E-state index contributed by atoms with van der Waals surface area (Å²) in [5.74, 6) is 1.19. The summed E-state index contributed by atoms with van der Waals surface area (Å²) in [7, 11) is 8.22. The second-order valence-electron chi connectivity index (χ2n) is 4.20. The first-order chi connectivity index (χ1) is 7.00. The van der Waals surface area contributed by atoms with Gasteiger partial charge in [0, 0.05) is 28.2 Å². The highest BCUT2D eigenvalue weighted by Crippen LogP contribution is 2.11. The van der Waals surface area contributed by atoms with E-state index in [1.807, 2.05) is 0 Å². The Morgan fingerprint density at radius 1 is 0.933 bits per heavy atom. The molecule has 2 heteroatoms. The maximum Gasteiger partial charge on any atom is 0.103 e. The average molecular weight is 204 g/mol. The van der Waals surface area contributed by atoms with Crippen molar-refractivity contribution >= 4 is 6.08 Å². The summed E-state index contributed by atoms with van der Waals surface area (Å²) in [4.78, 5) is 4.22. The molecule has 82 valence electrons. The van der Waals surface area contributed by atoms with Gasteiger partial charge in [0.25, 0.3) is 0 Å². The highest BCUT2D eigenvalue weighted by Gasteiger charge is 2.01. The second-order valence-corrected chi connectivity index (χ2v) is 4.20. The summed E-state index contributed by atoms with van der Waals surface area (Å²) in [6, 6.07) is 8.55. The fourth-order valence-corrected chi connectivity index (χ4v) is 1.47. The Morgan fingerprint density at radius 2 is 1.40 bits per heavy atom. The summed E-state index contributed by atoms with van der Waals surface area (Å²) in [6.07, 6.45) is 2.18. The molecule has 2 nitrogen and oxygen atoms in total. The number of hydrogen-bond donors (Lipinski definition) is 0. The quantitative estimate of drug-likeness (QED) is 0.746. The van der Waals surface area contributed by atoms with Gasteiger partial charge in [-0.2, -0.15) is 0 Å². The van der Waals surface area contributed by atoms with Gasteiger partial charge < -0.3 is 9.80 Å². The maximum atomic E-state index is 2.18. The van der Waals surface area contributed by atoms with Crippen LogP contribution in [0, 0.1) is 6.92 Å². The number of aryl methyl sites for hydroxylation is 1. The standard InChI is InChI=1S/C13H20N2/c1-11-6-8-12(9-7-11)10-13(14(2)3)15(4)5/h6-10H,1-5H3. The topological polar surface area (TPSA) is 6.48 Å². The number of hydrogen-bond acceptors (Lipinski definition) is 2. The van der Waals surface area contributed by atoms with Crippen LogP contribution in [0.5, 0.6) is 0 Å². The Balaban J connectivity index is 2.97. The van der Waals surface area contributed by atoms with E-state index in [2.05, 4.69) is 75.3 Å². The first-order valence-corrected chi connectivity index (χ1v) is 5.13. The minimum absolute atomic E-state index is 1.19. The van der Waals surface area contributed by atoms with Gasteiger partial charge in [0.05, 0.1) is 0 Å². The molecule has 0 heterocycles. The lowest BCUT2D eigenvalue weighted by Gasteiger charge is -2.24. The van der Waals surface area contributed by atoms with Crippen molar-refractivity contribution in [1.29, 1.82) is 0 Å².